The van der Waals surface area contributed by atoms with Crippen LogP contribution < -0.4 is 9.80 Å². The van der Waals surface area contributed by atoms with Crippen LogP contribution in [0.2, 0.25) is 0 Å². The molecule has 2 heterocycles. The zero-order valence-electron chi connectivity index (χ0n) is 22.1. The molecule has 0 aliphatic carbocycles. The van der Waals surface area contributed by atoms with Gasteiger partial charge in [0.1, 0.15) is 16.9 Å². The summed E-state index contributed by atoms with van der Waals surface area (Å²) in [4.78, 5) is 42.6. The fraction of sp³-hybridized carbons (Fsp3) is 0.680. The van der Waals surface area contributed by atoms with E-state index in [1.807, 2.05) is 0 Å². The lowest BCUT2D eigenvalue weighted by Gasteiger charge is -2.40. The summed E-state index contributed by atoms with van der Waals surface area (Å²) in [5.41, 5.74) is -1.75. The van der Waals surface area contributed by atoms with Crippen molar-refractivity contribution in [2.75, 3.05) is 49.2 Å². The van der Waals surface area contributed by atoms with E-state index < -0.39 is 28.3 Å². The Labute approximate surface area is 212 Å². The smallest absolute Gasteiger partial charge is 0.424 e. The van der Waals surface area contributed by atoms with Gasteiger partial charge in [-0.05, 0) is 66.5 Å². The summed E-state index contributed by atoms with van der Waals surface area (Å²) in [6, 6.07) is 4.98. The fourth-order valence-corrected chi connectivity index (χ4v) is 4.36. The van der Waals surface area contributed by atoms with Crippen LogP contribution in [0.4, 0.5) is 26.7 Å². The SMILES string of the molecule is CC(C)(C)OC(=O)N(C(=O)OC(C)(C)C)c1ccc(N2CCC(N3CCOCC3)CC2)cc1[N+](=O)[O-]. The van der Waals surface area contributed by atoms with Crippen LogP contribution >= 0.6 is 0 Å². The zero-order chi connectivity index (χ0) is 26.7. The number of morpholine rings is 1. The molecule has 0 saturated carbocycles. The summed E-state index contributed by atoms with van der Waals surface area (Å²) in [5.74, 6) is 0. The van der Waals surface area contributed by atoms with Gasteiger partial charge >= 0.3 is 12.2 Å². The van der Waals surface area contributed by atoms with E-state index in [1.165, 1.54) is 12.1 Å². The second-order valence-corrected chi connectivity index (χ2v) is 11.1. The predicted octanol–water partition coefficient (Wildman–Crippen LogP) is 4.57. The van der Waals surface area contributed by atoms with Gasteiger partial charge < -0.3 is 19.1 Å². The molecule has 2 saturated heterocycles. The number of amides is 2. The Balaban J connectivity index is 1.86. The molecule has 0 N–H and O–H groups in total. The van der Waals surface area contributed by atoms with Crippen molar-refractivity contribution in [2.45, 2.75) is 71.6 Å². The second-order valence-electron chi connectivity index (χ2n) is 11.1. The molecule has 200 valence electrons. The fourth-order valence-electron chi connectivity index (χ4n) is 4.36. The molecule has 1 aromatic rings. The number of carbonyl (C=O) groups excluding carboxylic acids is 2. The molecule has 0 atom stereocenters. The highest BCUT2D eigenvalue weighted by Gasteiger charge is 2.37. The Morgan fingerprint density at radius 1 is 0.972 bits per heavy atom. The third kappa shape index (κ3) is 7.30. The molecule has 2 aliphatic heterocycles. The number of nitro groups is 1. The van der Waals surface area contributed by atoms with E-state index in [0.29, 0.717) is 16.6 Å². The molecule has 11 heteroatoms. The summed E-state index contributed by atoms with van der Waals surface area (Å²) in [7, 11) is 0. The minimum atomic E-state index is -1.04. The minimum absolute atomic E-state index is 0.199. The molecule has 1 aromatic carbocycles. The number of imide groups is 1. The number of nitro benzene ring substituents is 1. The van der Waals surface area contributed by atoms with Gasteiger partial charge in [0.05, 0.1) is 18.1 Å². The highest BCUT2D eigenvalue weighted by atomic mass is 16.6. The van der Waals surface area contributed by atoms with Gasteiger partial charge in [0.2, 0.25) is 0 Å². The molecule has 11 nitrogen and oxygen atoms in total. The van der Waals surface area contributed by atoms with Crippen molar-refractivity contribution in [1.29, 1.82) is 0 Å². The standard InChI is InChI=1S/C25H38N4O7/c1-24(2,3)35-22(30)28(23(31)36-25(4,5)6)20-8-7-19(17-21(20)29(32)33)26-11-9-18(10-12-26)27-13-15-34-16-14-27/h7-8,17-18H,9-16H2,1-6H3. The minimum Gasteiger partial charge on any atom is -0.443 e. The van der Waals surface area contributed by atoms with Crippen molar-refractivity contribution in [2.24, 2.45) is 0 Å². The lowest BCUT2D eigenvalue weighted by molar-refractivity contribution is -0.384. The highest BCUT2D eigenvalue weighted by Crippen LogP contribution is 2.35. The van der Waals surface area contributed by atoms with Crippen LogP contribution in [-0.4, -0.2) is 78.6 Å². The molecule has 36 heavy (non-hydrogen) atoms. The lowest BCUT2D eigenvalue weighted by atomic mass is 10.0. The average molecular weight is 507 g/mol. The number of anilines is 2. The van der Waals surface area contributed by atoms with Crippen molar-refractivity contribution in [3.8, 4) is 0 Å². The number of carbonyl (C=O) groups is 2. The normalized spacial score (nSPS) is 18.0. The average Bonchev–Trinajstić information content (AvgIpc) is 2.77. The number of hydrogen-bond acceptors (Lipinski definition) is 9. The lowest BCUT2D eigenvalue weighted by Crippen LogP contribution is -2.49. The quantitative estimate of drug-likeness (QED) is 0.428. The number of piperidine rings is 1. The van der Waals surface area contributed by atoms with Gasteiger partial charge in [-0.3, -0.25) is 15.0 Å². The van der Waals surface area contributed by atoms with Crippen molar-refractivity contribution in [3.05, 3.63) is 28.3 Å². The maximum atomic E-state index is 13.0. The molecular formula is C25H38N4O7. The topological polar surface area (TPSA) is 115 Å². The first-order valence-electron chi connectivity index (χ1n) is 12.4. The first-order chi connectivity index (χ1) is 16.7. The van der Waals surface area contributed by atoms with Crippen LogP contribution in [-0.2, 0) is 14.2 Å². The Kier molecular flexibility index (Phi) is 8.45. The van der Waals surface area contributed by atoms with Crippen molar-refractivity contribution in [3.63, 3.8) is 0 Å². The number of nitrogens with zero attached hydrogens (tertiary/aromatic N) is 4. The van der Waals surface area contributed by atoms with Crippen LogP contribution in [0.15, 0.2) is 18.2 Å². The third-order valence-corrected chi connectivity index (χ3v) is 5.94. The van der Waals surface area contributed by atoms with Crippen LogP contribution in [0.1, 0.15) is 54.4 Å². The molecule has 2 fully saturated rings. The molecule has 0 spiro atoms. The van der Waals surface area contributed by atoms with Crippen LogP contribution in [0.25, 0.3) is 0 Å². The van der Waals surface area contributed by atoms with Gasteiger partial charge in [0, 0.05) is 44.0 Å². The van der Waals surface area contributed by atoms with E-state index in [-0.39, 0.29) is 11.4 Å². The van der Waals surface area contributed by atoms with Crippen molar-refractivity contribution >= 4 is 29.2 Å². The summed E-state index contributed by atoms with van der Waals surface area (Å²) in [5, 5.41) is 12.1. The molecule has 0 aromatic heterocycles. The van der Waals surface area contributed by atoms with Crippen LogP contribution in [0, 0.1) is 10.1 Å². The summed E-state index contributed by atoms with van der Waals surface area (Å²) in [6.45, 7) is 14.7. The Hall–Kier alpha value is -2.92. The first kappa shape index (κ1) is 27.7. The van der Waals surface area contributed by atoms with E-state index in [2.05, 4.69) is 9.80 Å². The molecule has 2 aliphatic rings. The van der Waals surface area contributed by atoms with Gasteiger partial charge in [-0.15, -0.1) is 0 Å². The van der Waals surface area contributed by atoms with E-state index in [1.54, 1.807) is 47.6 Å². The molecule has 2 amide bonds. The van der Waals surface area contributed by atoms with Crippen LogP contribution in [0.5, 0.6) is 0 Å². The largest absolute Gasteiger partial charge is 0.443 e. The van der Waals surface area contributed by atoms with Gasteiger partial charge in [-0.1, -0.05) is 0 Å². The number of rotatable bonds is 4. The van der Waals surface area contributed by atoms with Crippen molar-refractivity contribution < 1.29 is 28.7 Å². The Morgan fingerprint density at radius 2 is 1.50 bits per heavy atom. The van der Waals surface area contributed by atoms with Crippen LogP contribution in [0.3, 0.4) is 0 Å². The molecular weight excluding hydrogens is 468 g/mol. The Bertz CT molecular complexity index is 928. The maximum Gasteiger partial charge on any atom is 0.424 e. The summed E-state index contributed by atoms with van der Waals surface area (Å²) in [6.07, 6.45) is -0.201. The van der Waals surface area contributed by atoms with Gasteiger partial charge in [-0.25, -0.2) is 9.59 Å². The molecule has 0 radical (unpaired) electrons. The first-order valence-corrected chi connectivity index (χ1v) is 12.4. The van der Waals surface area contributed by atoms with E-state index in [0.717, 1.165) is 52.2 Å². The van der Waals surface area contributed by atoms with Crippen molar-refractivity contribution in [1.82, 2.24) is 4.90 Å². The number of hydrogen-bond donors (Lipinski definition) is 0. The summed E-state index contributed by atoms with van der Waals surface area (Å²) < 4.78 is 16.2. The van der Waals surface area contributed by atoms with Gasteiger partial charge in [0.25, 0.3) is 5.69 Å². The predicted molar refractivity (Wildman–Crippen MR) is 136 cm³/mol. The highest BCUT2D eigenvalue weighted by molar-refractivity contribution is 6.11. The molecule has 0 bridgehead atoms. The molecule has 0 unspecified atom stereocenters. The Morgan fingerprint density at radius 3 is 1.97 bits per heavy atom. The van der Waals surface area contributed by atoms with E-state index >= 15 is 0 Å². The summed E-state index contributed by atoms with van der Waals surface area (Å²) >= 11 is 0. The maximum absolute atomic E-state index is 13.0. The monoisotopic (exact) mass is 506 g/mol. The van der Waals surface area contributed by atoms with E-state index in [4.69, 9.17) is 14.2 Å². The number of benzene rings is 1. The van der Waals surface area contributed by atoms with E-state index in [9.17, 15) is 19.7 Å². The van der Waals surface area contributed by atoms with Gasteiger partial charge in [0.15, 0.2) is 0 Å². The third-order valence-electron chi connectivity index (χ3n) is 5.94. The number of ether oxygens (including phenoxy) is 3. The second kappa shape index (κ2) is 11.0. The van der Waals surface area contributed by atoms with Gasteiger partial charge in [-0.2, -0.15) is 4.90 Å². The molecule has 3 rings (SSSR count). The zero-order valence-corrected chi connectivity index (χ0v) is 22.1.